The van der Waals surface area contributed by atoms with Crippen molar-refractivity contribution in [1.82, 2.24) is 5.32 Å². The number of hydrogen-bond donors (Lipinski definition) is 2. The minimum Gasteiger partial charge on any atom is -0.302 e. The van der Waals surface area contributed by atoms with Gasteiger partial charge in [0, 0.05) is 6.42 Å². The molecule has 0 saturated heterocycles. The highest BCUT2D eigenvalue weighted by Gasteiger charge is 2.43. The number of alkyl halides is 3. The van der Waals surface area contributed by atoms with E-state index in [9.17, 15) is 22.5 Å². The van der Waals surface area contributed by atoms with Crippen molar-refractivity contribution in [3.63, 3.8) is 0 Å². The predicted octanol–water partition coefficient (Wildman–Crippen LogP) is 2.36. The summed E-state index contributed by atoms with van der Waals surface area (Å²) in [6, 6.07) is 8.76. The zero-order valence-electron chi connectivity index (χ0n) is 9.72. The van der Waals surface area contributed by atoms with Crippen LogP contribution in [-0.4, -0.2) is 22.8 Å². The maximum atomic E-state index is 12.0. The van der Waals surface area contributed by atoms with Crippen LogP contribution in [0, 0.1) is 0 Å². The molecule has 4 nitrogen and oxygen atoms in total. The molecular weight excluding hydrogens is 282 g/mol. The second-order valence-electron chi connectivity index (χ2n) is 3.81. The van der Waals surface area contributed by atoms with Gasteiger partial charge in [0.05, 0.1) is 0 Å². The molecule has 0 fully saturated rings. The van der Waals surface area contributed by atoms with Crippen molar-refractivity contribution in [2.45, 2.75) is 24.8 Å². The fourth-order valence-electron chi connectivity index (χ4n) is 1.42. The van der Waals surface area contributed by atoms with Crippen molar-refractivity contribution in [3.8, 4) is 0 Å². The molecule has 19 heavy (non-hydrogen) atoms. The molecule has 1 aromatic carbocycles. The first-order valence-corrected chi connectivity index (χ1v) is 6.65. The van der Waals surface area contributed by atoms with Crippen LogP contribution in [-0.2, 0) is 15.8 Å². The summed E-state index contributed by atoms with van der Waals surface area (Å²) >= 11 is 0. The summed E-state index contributed by atoms with van der Waals surface area (Å²) in [5.74, 6) is -3.62. The maximum Gasteiger partial charge on any atom is 0.530 e. The summed E-state index contributed by atoms with van der Waals surface area (Å²) in [5, 5.41) is 1.53. The van der Waals surface area contributed by atoms with Crippen molar-refractivity contribution in [2.75, 3.05) is 0 Å². The second kappa shape index (κ2) is 6.63. The van der Waals surface area contributed by atoms with Crippen LogP contribution in [0.4, 0.5) is 13.2 Å². The molecule has 0 saturated carbocycles. The lowest BCUT2D eigenvalue weighted by atomic mass is 10.1. The van der Waals surface area contributed by atoms with Gasteiger partial charge >= 0.3 is 20.1 Å². The molecule has 104 valence electrons. The Kier molecular flexibility index (Phi) is 5.44. The van der Waals surface area contributed by atoms with Crippen molar-refractivity contribution in [3.05, 3.63) is 35.9 Å². The third kappa shape index (κ3) is 5.36. The van der Waals surface area contributed by atoms with Gasteiger partial charge < -0.3 is 5.32 Å². The van der Waals surface area contributed by atoms with Crippen LogP contribution in [0.25, 0.3) is 0 Å². The summed E-state index contributed by atoms with van der Waals surface area (Å²) < 4.78 is 47.1. The normalized spacial score (nSPS) is 13.8. The first-order valence-electron chi connectivity index (χ1n) is 5.37. The summed E-state index contributed by atoms with van der Waals surface area (Å²) in [6.07, 6.45) is -4.81. The lowest BCUT2D eigenvalue weighted by Crippen LogP contribution is -2.41. The largest absolute Gasteiger partial charge is 0.530 e. The van der Waals surface area contributed by atoms with Crippen LogP contribution < -0.4 is 5.32 Å². The summed E-state index contributed by atoms with van der Waals surface area (Å²) in [7, 11) is -2.92. The number of rotatable bonds is 5. The molecule has 0 heterocycles. The van der Waals surface area contributed by atoms with Gasteiger partial charge in [0.15, 0.2) is 0 Å². The SMILES string of the molecule is O=C(NC(CCc1ccccc1)[P+](=O)O)C(F)(F)F. The van der Waals surface area contributed by atoms with E-state index in [2.05, 4.69) is 0 Å². The summed E-state index contributed by atoms with van der Waals surface area (Å²) in [6.45, 7) is 0. The minimum atomic E-state index is -5.06. The zero-order chi connectivity index (χ0) is 14.5. The molecule has 0 bridgehead atoms. The Labute approximate surface area is 108 Å². The number of carbonyl (C=O) groups excluding carboxylic acids is 1. The fourth-order valence-corrected chi connectivity index (χ4v) is 2.00. The highest BCUT2D eigenvalue weighted by Crippen LogP contribution is 2.26. The molecule has 0 aliphatic carbocycles. The van der Waals surface area contributed by atoms with Gasteiger partial charge in [0.2, 0.25) is 0 Å². The maximum absolute atomic E-state index is 12.0. The van der Waals surface area contributed by atoms with Gasteiger partial charge in [-0.25, -0.2) is 0 Å². The van der Waals surface area contributed by atoms with Crippen molar-refractivity contribution in [1.29, 1.82) is 0 Å². The standard InChI is InChI=1S/C11H11F3NO3P/c12-11(13,14)10(16)15-9(19(17)18)7-6-8-4-2-1-3-5-8/h1-5,9H,6-7H2,(H-,15,16,17,18)/p+1. The van der Waals surface area contributed by atoms with Gasteiger partial charge in [-0.15, -0.1) is 0 Å². The van der Waals surface area contributed by atoms with Crippen LogP contribution >= 0.6 is 8.03 Å². The summed E-state index contributed by atoms with van der Waals surface area (Å²) in [5.41, 5.74) is 0.811. The Morgan fingerprint density at radius 1 is 1.32 bits per heavy atom. The van der Waals surface area contributed by atoms with E-state index in [0.717, 1.165) is 5.56 Å². The second-order valence-corrected chi connectivity index (χ2v) is 5.04. The Morgan fingerprint density at radius 2 is 1.89 bits per heavy atom. The van der Waals surface area contributed by atoms with E-state index >= 15 is 0 Å². The Balaban J connectivity index is 2.59. The van der Waals surface area contributed by atoms with Crippen LogP contribution in [0.3, 0.4) is 0 Å². The number of halogens is 3. The van der Waals surface area contributed by atoms with Gasteiger partial charge in [-0.3, -0.25) is 4.79 Å². The van der Waals surface area contributed by atoms with Crippen molar-refractivity contribution in [2.24, 2.45) is 0 Å². The number of hydrogen-bond acceptors (Lipinski definition) is 2. The smallest absolute Gasteiger partial charge is 0.302 e. The highest BCUT2D eigenvalue weighted by molar-refractivity contribution is 7.38. The Hall–Kier alpha value is -1.46. The lowest BCUT2D eigenvalue weighted by molar-refractivity contribution is -0.173. The molecule has 2 unspecified atom stereocenters. The minimum absolute atomic E-state index is 0.0441. The van der Waals surface area contributed by atoms with E-state index in [1.165, 1.54) is 5.32 Å². The van der Waals surface area contributed by atoms with E-state index in [0.29, 0.717) is 6.42 Å². The predicted molar refractivity (Wildman–Crippen MR) is 62.6 cm³/mol. The van der Waals surface area contributed by atoms with E-state index in [4.69, 9.17) is 4.89 Å². The first-order chi connectivity index (χ1) is 8.80. The van der Waals surface area contributed by atoms with Gasteiger partial charge in [-0.1, -0.05) is 30.3 Å². The van der Waals surface area contributed by atoms with E-state index in [1.807, 2.05) is 0 Å². The summed E-state index contributed by atoms with van der Waals surface area (Å²) in [4.78, 5) is 19.6. The van der Waals surface area contributed by atoms with Gasteiger partial charge in [0.1, 0.15) is 0 Å². The average molecular weight is 294 g/mol. The molecule has 0 aromatic heterocycles. The first kappa shape index (κ1) is 15.6. The molecule has 0 aliphatic rings. The van der Waals surface area contributed by atoms with Crippen LogP contribution in [0.2, 0.25) is 0 Å². The van der Waals surface area contributed by atoms with E-state index in [-0.39, 0.29) is 6.42 Å². The van der Waals surface area contributed by atoms with Crippen molar-refractivity contribution >= 4 is 13.9 Å². The molecule has 0 aliphatic heterocycles. The number of amides is 1. The zero-order valence-corrected chi connectivity index (χ0v) is 10.6. The van der Waals surface area contributed by atoms with Crippen LogP contribution in [0.15, 0.2) is 30.3 Å². The van der Waals surface area contributed by atoms with E-state index < -0.39 is 25.9 Å². The molecule has 2 atom stereocenters. The molecule has 8 heteroatoms. The van der Waals surface area contributed by atoms with Gasteiger partial charge in [-0.05, 0) is 16.5 Å². The lowest BCUT2D eigenvalue weighted by Gasteiger charge is -2.10. The molecule has 2 N–H and O–H groups in total. The quantitative estimate of drug-likeness (QED) is 0.819. The van der Waals surface area contributed by atoms with Gasteiger partial charge in [-0.2, -0.15) is 18.1 Å². The average Bonchev–Trinajstić information content (AvgIpc) is 2.33. The Bertz CT molecular complexity index is 450. The molecule has 1 rings (SSSR count). The van der Waals surface area contributed by atoms with E-state index in [1.54, 1.807) is 30.3 Å². The third-order valence-corrected chi connectivity index (χ3v) is 3.29. The molecular formula is C11H12F3NO3P+. The highest BCUT2D eigenvalue weighted by atomic mass is 31.1. The molecule has 1 amide bonds. The molecule has 0 spiro atoms. The van der Waals surface area contributed by atoms with Gasteiger partial charge in [0.25, 0.3) is 5.78 Å². The number of nitrogens with one attached hydrogen (secondary N) is 1. The number of benzene rings is 1. The number of aryl methyl sites for hydroxylation is 1. The monoisotopic (exact) mass is 294 g/mol. The van der Waals surface area contributed by atoms with Crippen molar-refractivity contribution < 1.29 is 27.4 Å². The Morgan fingerprint density at radius 3 is 2.37 bits per heavy atom. The molecule has 1 aromatic rings. The topological polar surface area (TPSA) is 66.4 Å². The van der Waals surface area contributed by atoms with Crippen LogP contribution in [0.5, 0.6) is 0 Å². The van der Waals surface area contributed by atoms with Crippen LogP contribution in [0.1, 0.15) is 12.0 Å². The number of carbonyl (C=O) groups is 1. The molecule has 0 radical (unpaired) electrons. The third-order valence-electron chi connectivity index (χ3n) is 2.37. The fraction of sp³-hybridized carbons (Fsp3) is 0.364.